The molecule has 0 bridgehead atoms. The summed E-state index contributed by atoms with van der Waals surface area (Å²) in [6.07, 6.45) is 1.78. The second-order valence-electron chi connectivity index (χ2n) is 7.96. The van der Waals surface area contributed by atoms with Gasteiger partial charge in [-0.05, 0) is 80.1 Å². The Balaban J connectivity index is 1.60. The normalized spacial score (nSPS) is 14.9. The molecule has 1 aromatic heterocycles. The molecule has 2 aromatic carbocycles. The molecule has 7 heteroatoms. The third kappa shape index (κ3) is 4.50. The number of amides is 2. The molecule has 0 spiro atoms. The number of carbonyl (C=O) groups excluding carboxylic acids is 3. The molecule has 2 amide bonds. The Morgan fingerprint density at radius 1 is 1.03 bits per heavy atom. The molecule has 4 rings (SSSR count). The summed E-state index contributed by atoms with van der Waals surface area (Å²) < 4.78 is 6.80. The van der Waals surface area contributed by atoms with Crippen molar-refractivity contribution >= 4 is 35.0 Å². The zero-order valence-corrected chi connectivity index (χ0v) is 19.7. The number of hydrogen-bond donors (Lipinski definition) is 0. The smallest absolute Gasteiger partial charge is 0.337 e. The number of methoxy groups -OCH3 is 1. The maximum absolute atomic E-state index is 13.0. The van der Waals surface area contributed by atoms with E-state index in [1.165, 1.54) is 12.0 Å². The maximum Gasteiger partial charge on any atom is 0.337 e. The average molecular weight is 461 g/mol. The summed E-state index contributed by atoms with van der Waals surface area (Å²) in [5.41, 5.74) is 6.16. The zero-order chi connectivity index (χ0) is 23.7. The number of carbonyl (C=O) groups is 3. The second kappa shape index (κ2) is 9.11. The first-order valence-electron chi connectivity index (χ1n) is 10.5. The van der Waals surface area contributed by atoms with E-state index in [9.17, 15) is 14.4 Å². The fourth-order valence-electron chi connectivity index (χ4n) is 3.97. The predicted molar refractivity (Wildman–Crippen MR) is 129 cm³/mol. The van der Waals surface area contributed by atoms with Crippen LogP contribution in [0.25, 0.3) is 11.8 Å². The molecule has 6 nitrogen and oxygen atoms in total. The lowest BCUT2D eigenvalue weighted by molar-refractivity contribution is -0.123. The number of esters is 1. The number of benzene rings is 2. The Morgan fingerprint density at radius 2 is 1.76 bits per heavy atom. The van der Waals surface area contributed by atoms with Crippen LogP contribution in [0.15, 0.2) is 59.5 Å². The minimum absolute atomic E-state index is 0.259. The van der Waals surface area contributed by atoms with E-state index in [1.807, 2.05) is 67.8 Å². The summed E-state index contributed by atoms with van der Waals surface area (Å²) in [5.74, 6) is -0.664. The number of thioether (sulfide) groups is 1. The van der Waals surface area contributed by atoms with E-state index in [1.54, 1.807) is 18.2 Å². The van der Waals surface area contributed by atoms with Crippen LogP contribution < -0.4 is 0 Å². The van der Waals surface area contributed by atoms with Gasteiger partial charge in [0.15, 0.2) is 0 Å². The van der Waals surface area contributed by atoms with Crippen molar-refractivity contribution in [1.82, 2.24) is 9.47 Å². The van der Waals surface area contributed by atoms with Gasteiger partial charge in [-0.3, -0.25) is 14.5 Å². The van der Waals surface area contributed by atoms with Gasteiger partial charge in [-0.25, -0.2) is 4.79 Å². The van der Waals surface area contributed by atoms with E-state index in [0.717, 1.165) is 45.5 Å². The van der Waals surface area contributed by atoms with Crippen LogP contribution in [0.1, 0.15) is 38.4 Å². The van der Waals surface area contributed by atoms with Gasteiger partial charge < -0.3 is 9.30 Å². The SMILES string of the molecule is COC(=O)c1ccc(-n2c(C)cc(/C=C3\SC(=O)N(Cc4cccc(C)c4)C3=O)c2C)cc1. The Morgan fingerprint density at radius 3 is 2.42 bits per heavy atom. The lowest BCUT2D eigenvalue weighted by Crippen LogP contribution is -2.27. The van der Waals surface area contributed by atoms with Gasteiger partial charge in [-0.1, -0.05) is 29.8 Å². The van der Waals surface area contributed by atoms with Crippen LogP contribution in [0.4, 0.5) is 4.79 Å². The molecular formula is C26H24N2O4S. The first-order valence-corrected chi connectivity index (χ1v) is 11.3. The highest BCUT2D eigenvalue weighted by molar-refractivity contribution is 8.18. The van der Waals surface area contributed by atoms with Crippen molar-refractivity contribution in [2.75, 3.05) is 7.11 Å². The quantitative estimate of drug-likeness (QED) is 0.375. The van der Waals surface area contributed by atoms with Crippen molar-refractivity contribution in [3.63, 3.8) is 0 Å². The molecule has 0 atom stereocenters. The van der Waals surface area contributed by atoms with Crippen LogP contribution in [-0.4, -0.2) is 33.7 Å². The van der Waals surface area contributed by atoms with Crippen LogP contribution in [0.2, 0.25) is 0 Å². The van der Waals surface area contributed by atoms with Crippen molar-refractivity contribution in [1.29, 1.82) is 0 Å². The van der Waals surface area contributed by atoms with Crippen molar-refractivity contribution in [3.05, 3.63) is 93.1 Å². The molecule has 1 aliphatic heterocycles. The van der Waals surface area contributed by atoms with Gasteiger partial charge >= 0.3 is 5.97 Å². The van der Waals surface area contributed by atoms with Gasteiger partial charge in [0, 0.05) is 17.1 Å². The Bertz CT molecular complexity index is 1290. The predicted octanol–water partition coefficient (Wildman–Crippen LogP) is 5.43. The number of hydrogen-bond acceptors (Lipinski definition) is 5. The highest BCUT2D eigenvalue weighted by Gasteiger charge is 2.35. The number of nitrogens with zero attached hydrogens (tertiary/aromatic N) is 2. The summed E-state index contributed by atoms with van der Waals surface area (Å²) in [4.78, 5) is 38.9. The molecular weight excluding hydrogens is 436 g/mol. The molecule has 2 heterocycles. The van der Waals surface area contributed by atoms with E-state index in [-0.39, 0.29) is 23.7 Å². The highest BCUT2D eigenvalue weighted by Crippen LogP contribution is 2.34. The molecule has 0 radical (unpaired) electrons. The van der Waals surface area contributed by atoms with Crippen molar-refractivity contribution in [2.45, 2.75) is 27.3 Å². The molecule has 1 fully saturated rings. The average Bonchev–Trinajstić information content (AvgIpc) is 3.22. The fourth-order valence-corrected chi connectivity index (χ4v) is 4.80. The standard InChI is InChI=1S/C26H24N2O4S/c1-16-6-5-7-19(12-16)15-27-24(29)23(33-26(27)31)14-21-13-17(2)28(18(21)3)22-10-8-20(9-11-22)25(30)32-4/h5-14H,15H2,1-4H3/b23-14-. The highest BCUT2D eigenvalue weighted by atomic mass is 32.2. The third-order valence-corrected chi connectivity index (χ3v) is 6.51. The minimum atomic E-state index is -0.385. The molecule has 0 unspecified atom stereocenters. The lowest BCUT2D eigenvalue weighted by Gasteiger charge is -2.12. The van der Waals surface area contributed by atoms with Crippen LogP contribution >= 0.6 is 11.8 Å². The molecule has 3 aromatic rings. The Kier molecular flexibility index (Phi) is 6.24. The maximum atomic E-state index is 13.0. The number of rotatable bonds is 5. The number of ether oxygens (including phenoxy) is 1. The fraction of sp³-hybridized carbons (Fsp3) is 0.192. The topological polar surface area (TPSA) is 68.6 Å². The van der Waals surface area contributed by atoms with Gasteiger partial charge in [0.25, 0.3) is 11.1 Å². The summed E-state index contributed by atoms with van der Waals surface area (Å²) in [7, 11) is 1.35. The van der Waals surface area contributed by atoms with Crippen molar-refractivity contribution in [2.24, 2.45) is 0 Å². The van der Waals surface area contributed by atoms with E-state index in [0.29, 0.717) is 10.5 Å². The van der Waals surface area contributed by atoms with E-state index >= 15 is 0 Å². The summed E-state index contributed by atoms with van der Waals surface area (Å²) in [6, 6.07) is 16.9. The van der Waals surface area contributed by atoms with E-state index in [2.05, 4.69) is 0 Å². The molecule has 1 aliphatic rings. The third-order valence-electron chi connectivity index (χ3n) is 5.60. The first kappa shape index (κ1) is 22.6. The van der Waals surface area contributed by atoms with Gasteiger partial charge in [0.2, 0.25) is 0 Å². The van der Waals surface area contributed by atoms with Crippen LogP contribution in [0.5, 0.6) is 0 Å². The Hall–Kier alpha value is -3.58. The van der Waals surface area contributed by atoms with Crippen LogP contribution in [0.3, 0.4) is 0 Å². The number of aromatic nitrogens is 1. The largest absolute Gasteiger partial charge is 0.465 e. The molecule has 0 N–H and O–H groups in total. The molecule has 1 saturated heterocycles. The Labute approximate surface area is 196 Å². The summed E-state index contributed by atoms with van der Waals surface area (Å²) >= 11 is 0.965. The molecule has 0 saturated carbocycles. The summed E-state index contributed by atoms with van der Waals surface area (Å²) in [5, 5.41) is -0.264. The lowest BCUT2D eigenvalue weighted by atomic mass is 10.1. The van der Waals surface area contributed by atoms with Gasteiger partial charge in [0.1, 0.15) is 0 Å². The van der Waals surface area contributed by atoms with Gasteiger partial charge in [0.05, 0.1) is 24.1 Å². The molecule has 168 valence electrons. The number of imide groups is 1. The van der Waals surface area contributed by atoms with Crippen molar-refractivity contribution < 1.29 is 19.1 Å². The van der Waals surface area contributed by atoms with E-state index < -0.39 is 0 Å². The van der Waals surface area contributed by atoms with Crippen LogP contribution in [-0.2, 0) is 16.1 Å². The molecule has 33 heavy (non-hydrogen) atoms. The minimum Gasteiger partial charge on any atom is -0.465 e. The second-order valence-corrected chi connectivity index (χ2v) is 8.95. The van der Waals surface area contributed by atoms with Gasteiger partial charge in [-0.2, -0.15) is 0 Å². The van der Waals surface area contributed by atoms with Gasteiger partial charge in [-0.15, -0.1) is 0 Å². The monoisotopic (exact) mass is 460 g/mol. The van der Waals surface area contributed by atoms with Crippen LogP contribution in [0, 0.1) is 20.8 Å². The zero-order valence-electron chi connectivity index (χ0n) is 18.9. The molecule has 0 aliphatic carbocycles. The summed E-state index contributed by atoms with van der Waals surface area (Å²) in [6.45, 7) is 6.18. The van der Waals surface area contributed by atoms with Crippen molar-refractivity contribution in [3.8, 4) is 5.69 Å². The number of aryl methyl sites for hydroxylation is 2. The van der Waals surface area contributed by atoms with E-state index in [4.69, 9.17) is 4.74 Å². The first-order chi connectivity index (χ1) is 15.8.